The van der Waals surface area contributed by atoms with Gasteiger partial charge in [0, 0.05) is 6.07 Å². The molecule has 7 heteroatoms. The highest BCUT2D eigenvalue weighted by molar-refractivity contribution is 5.68. The zero-order valence-electron chi connectivity index (χ0n) is 9.95. The number of nitro groups is 1. The largest absolute Gasteiger partial charge is 0.511 e. The molecule has 2 aromatic rings. The zero-order chi connectivity index (χ0) is 14.7. The lowest BCUT2D eigenvalue weighted by molar-refractivity contribution is -0.387. The van der Waals surface area contributed by atoms with Gasteiger partial charge >= 0.3 is 11.8 Å². The number of benzene rings is 2. The van der Waals surface area contributed by atoms with Crippen molar-refractivity contribution < 1.29 is 24.0 Å². The van der Waals surface area contributed by atoms with E-state index in [-0.39, 0.29) is 5.75 Å². The molecule has 0 aliphatic heterocycles. The van der Waals surface area contributed by atoms with Crippen molar-refractivity contribution in [2.24, 2.45) is 0 Å². The summed E-state index contributed by atoms with van der Waals surface area (Å²) in [6, 6.07) is 9.37. The van der Waals surface area contributed by atoms with Crippen LogP contribution in [-0.4, -0.2) is 16.2 Å². The fraction of sp³-hybridized carbons (Fsp3) is 0. The van der Waals surface area contributed by atoms with Crippen molar-refractivity contribution in [2.45, 2.75) is 0 Å². The molecule has 0 atom stereocenters. The summed E-state index contributed by atoms with van der Waals surface area (Å²) in [5.74, 6) is -0.789. The molecule has 0 amide bonds. The molecule has 0 unspecified atom stereocenters. The summed E-state index contributed by atoms with van der Waals surface area (Å²) >= 11 is 0. The van der Waals surface area contributed by atoms with Crippen molar-refractivity contribution in [1.29, 1.82) is 0 Å². The van der Waals surface area contributed by atoms with Crippen LogP contribution in [0.2, 0.25) is 0 Å². The first kappa shape index (κ1) is 13.5. The van der Waals surface area contributed by atoms with Crippen LogP contribution in [0.4, 0.5) is 14.9 Å². The molecule has 1 N–H and O–H groups in total. The van der Waals surface area contributed by atoms with Gasteiger partial charge in [-0.05, 0) is 29.3 Å². The number of carboxylic acid groups (broad SMARTS) is 1. The van der Waals surface area contributed by atoms with Gasteiger partial charge in [-0.25, -0.2) is 4.79 Å². The van der Waals surface area contributed by atoms with Crippen LogP contribution in [0, 0.1) is 15.9 Å². The minimum atomic E-state index is -1.44. The minimum Gasteiger partial charge on any atom is -0.449 e. The molecule has 0 aliphatic carbocycles. The Morgan fingerprint density at radius 3 is 2.30 bits per heavy atom. The van der Waals surface area contributed by atoms with Gasteiger partial charge in [-0.15, -0.1) is 0 Å². The Kier molecular flexibility index (Phi) is 3.60. The Hall–Kier alpha value is -2.96. The third kappa shape index (κ3) is 2.89. The maximum atomic E-state index is 13.2. The minimum absolute atomic E-state index is 0.123. The van der Waals surface area contributed by atoms with Crippen LogP contribution in [0.15, 0.2) is 42.5 Å². The van der Waals surface area contributed by atoms with Gasteiger partial charge in [0.25, 0.3) is 0 Å². The van der Waals surface area contributed by atoms with Crippen LogP contribution in [-0.2, 0) is 0 Å². The van der Waals surface area contributed by atoms with Crippen molar-refractivity contribution in [3.05, 3.63) is 58.4 Å². The summed E-state index contributed by atoms with van der Waals surface area (Å²) in [7, 11) is 0. The Morgan fingerprint density at radius 1 is 1.15 bits per heavy atom. The monoisotopic (exact) mass is 277 g/mol. The van der Waals surface area contributed by atoms with Gasteiger partial charge in [-0.1, -0.05) is 18.2 Å². The molecule has 2 aromatic carbocycles. The highest BCUT2D eigenvalue weighted by Crippen LogP contribution is 2.27. The second-order valence-corrected chi connectivity index (χ2v) is 3.82. The Bertz CT molecular complexity index is 669. The van der Waals surface area contributed by atoms with Gasteiger partial charge in [0.05, 0.1) is 4.92 Å². The smallest absolute Gasteiger partial charge is 0.449 e. The number of ether oxygens (including phenoxy) is 1. The quantitative estimate of drug-likeness (QED) is 0.401. The second kappa shape index (κ2) is 5.35. The Labute approximate surface area is 112 Å². The number of rotatable bonds is 3. The van der Waals surface area contributed by atoms with Gasteiger partial charge in [-0.2, -0.15) is 4.39 Å². The molecule has 6 nitrogen and oxygen atoms in total. The van der Waals surface area contributed by atoms with E-state index < -0.39 is 22.6 Å². The first-order chi connectivity index (χ1) is 9.47. The fourth-order valence-corrected chi connectivity index (χ4v) is 1.65. The molecule has 0 saturated heterocycles. The van der Waals surface area contributed by atoms with Crippen molar-refractivity contribution in [2.75, 3.05) is 0 Å². The van der Waals surface area contributed by atoms with E-state index in [1.807, 2.05) is 0 Å². The van der Waals surface area contributed by atoms with E-state index in [1.54, 1.807) is 0 Å². The third-order valence-electron chi connectivity index (χ3n) is 2.54. The lowest BCUT2D eigenvalue weighted by Crippen LogP contribution is -2.02. The van der Waals surface area contributed by atoms with Crippen LogP contribution in [0.5, 0.6) is 5.75 Å². The average Bonchev–Trinajstić information content (AvgIpc) is 2.39. The van der Waals surface area contributed by atoms with Crippen molar-refractivity contribution in [1.82, 2.24) is 0 Å². The molecule has 0 bridgehead atoms. The van der Waals surface area contributed by atoms with E-state index in [1.165, 1.54) is 30.3 Å². The number of nitrogens with zero attached hydrogens (tertiary/aromatic N) is 1. The van der Waals surface area contributed by atoms with Gasteiger partial charge in [0.15, 0.2) is 0 Å². The predicted molar refractivity (Wildman–Crippen MR) is 67.1 cm³/mol. The van der Waals surface area contributed by atoms with Gasteiger partial charge in [0.1, 0.15) is 5.75 Å². The lowest BCUT2D eigenvalue weighted by atomic mass is 10.0. The van der Waals surface area contributed by atoms with E-state index in [0.717, 1.165) is 12.1 Å². The molecule has 102 valence electrons. The summed E-state index contributed by atoms with van der Waals surface area (Å²) < 4.78 is 17.7. The number of carbonyl (C=O) groups is 1. The number of halogens is 1. The molecule has 0 aliphatic rings. The highest BCUT2D eigenvalue weighted by atomic mass is 19.1. The summed E-state index contributed by atoms with van der Waals surface area (Å²) in [5, 5.41) is 19.1. The zero-order valence-corrected chi connectivity index (χ0v) is 9.95. The first-order valence-corrected chi connectivity index (χ1v) is 5.42. The Morgan fingerprint density at radius 2 is 1.75 bits per heavy atom. The van der Waals surface area contributed by atoms with Crippen LogP contribution in [0.25, 0.3) is 11.1 Å². The normalized spacial score (nSPS) is 10.1. The van der Waals surface area contributed by atoms with Gasteiger partial charge in [-0.3, -0.25) is 10.1 Å². The summed E-state index contributed by atoms with van der Waals surface area (Å²) in [6.07, 6.45) is -1.44. The molecule has 0 aromatic heterocycles. The lowest BCUT2D eigenvalue weighted by Gasteiger charge is -2.04. The molecule has 0 fully saturated rings. The van der Waals surface area contributed by atoms with Crippen molar-refractivity contribution in [3.63, 3.8) is 0 Å². The summed E-state index contributed by atoms with van der Waals surface area (Å²) in [4.78, 5) is 20.2. The molecule has 0 spiro atoms. The van der Waals surface area contributed by atoms with Crippen molar-refractivity contribution in [3.8, 4) is 16.9 Å². The maximum Gasteiger partial charge on any atom is 0.511 e. The maximum absolute atomic E-state index is 13.2. The standard InChI is InChI=1S/C13H8FNO5/c14-11-6-3-9(7-12(11)15(18)19)8-1-4-10(5-2-8)20-13(16)17/h1-7H,(H,16,17). The van der Waals surface area contributed by atoms with E-state index in [2.05, 4.69) is 4.74 Å². The Balaban J connectivity index is 2.34. The van der Waals surface area contributed by atoms with Gasteiger partial charge in [0.2, 0.25) is 5.82 Å². The average molecular weight is 277 g/mol. The van der Waals surface area contributed by atoms with Crippen LogP contribution in [0.3, 0.4) is 0 Å². The topological polar surface area (TPSA) is 89.7 Å². The first-order valence-electron chi connectivity index (χ1n) is 5.42. The molecular formula is C13H8FNO5. The van der Waals surface area contributed by atoms with E-state index in [9.17, 15) is 19.3 Å². The molecule has 2 rings (SSSR count). The van der Waals surface area contributed by atoms with Crippen molar-refractivity contribution >= 4 is 11.8 Å². The van der Waals surface area contributed by atoms with E-state index in [0.29, 0.717) is 11.1 Å². The molecule has 0 heterocycles. The summed E-state index contributed by atoms with van der Waals surface area (Å²) in [6.45, 7) is 0. The molecule has 0 radical (unpaired) electrons. The predicted octanol–water partition coefficient (Wildman–Crippen LogP) is 3.46. The van der Waals surface area contributed by atoms with Crippen LogP contribution < -0.4 is 4.74 Å². The van der Waals surface area contributed by atoms with Crippen LogP contribution >= 0.6 is 0 Å². The molecular weight excluding hydrogens is 269 g/mol. The molecule has 20 heavy (non-hydrogen) atoms. The van der Waals surface area contributed by atoms with Gasteiger partial charge < -0.3 is 9.84 Å². The number of nitro benzene ring substituents is 1. The fourth-order valence-electron chi connectivity index (χ4n) is 1.65. The van der Waals surface area contributed by atoms with Crippen LogP contribution in [0.1, 0.15) is 0 Å². The SMILES string of the molecule is O=C(O)Oc1ccc(-c2ccc(F)c([N+](=O)[O-])c2)cc1. The van der Waals surface area contributed by atoms with E-state index in [4.69, 9.17) is 5.11 Å². The second-order valence-electron chi connectivity index (χ2n) is 3.82. The number of hydrogen-bond donors (Lipinski definition) is 1. The molecule has 0 saturated carbocycles. The summed E-state index contributed by atoms with van der Waals surface area (Å²) in [5.41, 5.74) is 0.402. The highest BCUT2D eigenvalue weighted by Gasteiger charge is 2.15. The number of hydrogen-bond acceptors (Lipinski definition) is 4. The third-order valence-corrected chi connectivity index (χ3v) is 2.54. The van der Waals surface area contributed by atoms with E-state index >= 15 is 0 Å².